The lowest BCUT2D eigenvalue weighted by Crippen LogP contribution is -2.15. The van der Waals surface area contributed by atoms with Crippen molar-refractivity contribution < 1.29 is 22.1 Å². The minimum atomic E-state index is -4.76. The Morgan fingerprint density at radius 1 is 1.07 bits per heavy atom. The zero-order valence-corrected chi connectivity index (χ0v) is 14.5. The number of rotatable bonds is 3. The van der Waals surface area contributed by atoms with E-state index in [0.29, 0.717) is 4.68 Å². The van der Waals surface area contributed by atoms with Crippen LogP contribution in [0.3, 0.4) is 0 Å². The molecule has 0 fully saturated rings. The van der Waals surface area contributed by atoms with Crippen molar-refractivity contribution in [2.75, 3.05) is 0 Å². The number of hydrogen-bond acceptors (Lipinski definition) is 4. The highest BCUT2D eigenvalue weighted by Gasteiger charge is 2.40. The molecule has 0 aliphatic rings. The van der Waals surface area contributed by atoms with Crippen molar-refractivity contribution in [3.8, 4) is 28.4 Å². The number of hydrogen-bond donors (Lipinski definition) is 0. The minimum absolute atomic E-state index is 0.0158. The molecule has 142 valence electrons. The van der Waals surface area contributed by atoms with Crippen LogP contribution in [0.25, 0.3) is 28.4 Å². The predicted molar refractivity (Wildman–Crippen MR) is 92.3 cm³/mol. The molecule has 0 saturated carbocycles. The fourth-order valence-electron chi connectivity index (χ4n) is 2.72. The topological polar surface area (TPSA) is 56.7 Å². The van der Waals surface area contributed by atoms with Crippen LogP contribution >= 0.6 is 11.6 Å². The largest absolute Gasteiger partial charge is 0.434 e. The molecule has 0 radical (unpaired) electrons. The third-order valence-corrected chi connectivity index (χ3v) is 4.21. The van der Waals surface area contributed by atoms with Crippen LogP contribution in [0.5, 0.6) is 0 Å². The van der Waals surface area contributed by atoms with Gasteiger partial charge in [0.25, 0.3) is 0 Å². The minimum Gasteiger partial charge on any atom is -0.356 e. The summed E-state index contributed by atoms with van der Waals surface area (Å²) in [7, 11) is 0. The maximum absolute atomic E-state index is 14.1. The van der Waals surface area contributed by atoms with Crippen LogP contribution in [0.1, 0.15) is 5.69 Å². The summed E-state index contributed by atoms with van der Waals surface area (Å²) in [5, 5.41) is 7.52. The third kappa shape index (κ3) is 3.13. The molecule has 0 aliphatic heterocycles. The van der Waals surface area contributed by atoms with Gasteiger partial charge in [-0.05, 0) is 24.3 Å². The third-order valence-electron chi connectivity index (χ3n) is 3.90. The molecule has 0 saturated heterocycles. The zero-order chi connectivity index (χ0) is 19.9. The van der Waals surface area contributed by atoms with Crippen molar-refractivity contribution in [1.29, 1.82) is 0 Å². The van der Waals surface area contributed by atoms with E-state index in [2.05, 4.69) is 15.2 Å². The van der Waals surface area contributed by atoms with Gasteiger partial charge < -0.3 is 4.52 Å². The van der Waals surface area contributed by atoms with E-state index in [-0.39, 0.29) is 33.4 Å². The number of nitrogens with zero attached hydrogens (tertiary/aromatic N) is 4. The summed E-state index contributed by atoms with van der Waals surface area (Å²) in [6.07, 6.45) is -2.42. The molecule has 0 bridgehead atoms. The van der Waals surface area contributed by atoms with Gasteiger partial charge in [-0.2, -0.15) is 18.3 Å². The molecule has 0 N–H and O–H groups in total. The number of pyridine rings is 1. The first-order valence-corrected chi connectivity index (χ1v) is 8.22. The van der Waals surface area contributed by atoms with Crippen molar-refractivity contribution in [2.24, 2.45) is 0 Å². The summed E-state index contributed by atoms with van der Waals surface area (Å²) in [5.41, 5.74) is -1.54. The highest BCUT2D eigenvalue weighted by atomic mass is 35.5. The Morgan fingerprint density at radius 3 is 2.57 bits per heavy atom. The van der Waals surface area contributed by atoms with Crippen molar-refractivity contribution in [2.45, 2.75) is 6.18 Å². The zero-order valence-electron chi connectivity index (χ0n) is 13.8. The van der Waals surface area contributed by atoms with E-state index < -0.39 is 17.7 Å². The highest BCUT2D eigenvalue weighted by Crippen LogP contribution is 2.40. The average Bonchev–Trinajstić information content (AvgIpc) is 3.29. The Hall–Kier alpha value is -3.20. The first kappa shape index (κ1) is 18.2. The first-order chi connectivity index (χ1) is 13.4. The van der Waals surface area contributed by atoms with Gasteiger partial charge >= 0.3 is 6.18 Å². The summed E-state index contributed by atoms with van der Waals surface area (Å²) < 4.78 is 61.0. The van der Waals surface area contributed by atoms with E-state index in [1.807, 2.05) is 0 Å². The molecule has 4 rings (SSSR count). The standard InChI is InChI=1S/C18H9ClF4N4O/c19-11-4-3-5-12(20)16(11)13-8-14(28-26-13)10-9-25-27(17(10)18(21,22)23)15-6-1-2-7-24-15/h1-9H. The van der Waals surface area contributed by atoms with Gasteiger partial charge in [0.05, 0.1) is 22.3 Å². The maximum atomic E-state index is 14.1. The molecule has 3 heterocycles. The summed E-state index contributed by atoms with van der Waals surface area (Å²) in [6, 6.07) is 9.68. The number of halogens is 5. The van der Waals surface area contributed by atoms with Crippen LogP contribution in [-0.2, 0) is 6.18 Å². The molecule has 0 atom stereocenters. The second-order valence-electron chi connectivity index (χ2n) is 5.68. The molecule has 4 aromatic rings. The van der Waals surface area contributed by atoms with Gasteiger partial charge in [0.1, 0.15) is 11.5 Å². The Kier molecular flexibility index (Phi) is 4.38. The van der Waals surface area contributed by atoms with Crippen molar-refractivity contribution in [1.82, 2.24) is 19.9 Å². The van der Waals surface area contributed by atoms with E-state index in [1.165, 1.54) is 36.5 Å². The summed E-state index contributed by atoms with van der Waals surface area (Å²) in [6.45, 7) is 0. The fraction of sp³-hybridized carbons (Fsp3) is 0.0556. The number of aromatic nitrogens is 4. The van der Waals surface area contributed by atoms with Gasteiger partial charge in [-0.3, -0.25) is 0 Å². The Bertz CT molecular complexity index is 1120. The van der Waals surface area contributed by atoms with Gasteiger partial charge in [-0.1, -0.05) is 28.9 Å². The molecule has 0 spiro atoms. The molecule has 0 amide bonds. The van der Waals surface area contributed by atoms with Crippen LogP contribution in [0.4, 0.5) is 17.6 Å². The Labute approximate surface area is 160 Å². The number of benzene rings is 1. The van der Waals surface area contributed by atoms with Crippen LogP contribution in [0.2, 0.25) is 5.02 Å². The molecule has 5 nitrogen and oxygen atoms in total. The predicted octanol–water partition coefficient (Wildman–Crippen LogP) is 5.40. The Morgan fingerprint density at radius 2 is 1.89 bits per heavy atom. The van der Waals surface area contributed by atoms with Crippen LogP contribution in [0.15, 0.2) is 59.4 Å². The summed E-state index contributed by atoms with van der Waals surface area (Å²) in [4.78, 5) is 3.89. The lowest BCUT2D eigenvalue weighted by Gasteiger charge is -2.10. The summed E-state index contributed by atoms with van der Waals surface area (Å²) in [5.74, 6) is -0.922. The van der Waals surface area contributed by atoms with Gasteiger partial charge in [-0.25, -0.2) is 14.1 Å². The summed E-state index contributed by atoms with van der Waals surface area (Å²) >= 11 is 5.98. The molecule has 1 aromatic carbocycles. The molecule has 0 unspecified atom stereocenters. The second kappa shape index (κ2) is 6.75. The molecular weight excluding hydrogens is 400 g/mol. The quantitative estimate of drug-likeness (QED) is 0.426. The first-order valence-electron chi connectivity index (χ1n) is 7.84. The molecular formula is C18H9ClF4N4O. The average molecular weight is 409 g/mol. The lowest BCUT2D eigenvalue weighted by atomic mass is 10.1. The monoisotopic (exact) mass is 408 g/mol. The molecule has 0 aliphatic carbocycles. The van der Waals surface area contributed by atoms with Crippen LogP contribution in [-0.4, -0.2) is 19.9 Å². The molecule has 10 heteroatoms. The normalized spacial score (nSPS) is 11.8. The molecule has 28 heavy (non-hydrogen) atoms. The van der Waals surface area contributed by atoms with E-state index in [9.17, 15) is 17.6 Å². The van der Waals surface area contributed by atoms with Crippen molar-refractivity contribution >= 4 is 11.6 Å². The lowest BCUT2D eigenvalue weighted by molar-refractivity contribution is -0.142. The van der Waals surface area contributed by atoms with Crippen molar-refractivity contribution in [3.05, 3.63) is 71.4 Å². The second-order valence-corrected chi connectivity index (χ2v) is 6.08. The van der Waals surface area contributed by atoms with E-state index in [4.69, 9.17) is 16.1 Å². The van der Waals surface area contributed by atoms with Gasteiger partial charge in [-0.15, -0.1) is 0 Å². The SMILES string of the molecule is Fc1cccc(Cl)c1-c1cc(-c2cnn(-c3ccccn3)c2C(F)(F)F)on1. The number of alkyl halides is 3. The van der Waals surface area contributed by atoms with Gasteiger partial charge in [0.2, 0.25) is 0 Å². The Balaban J connectivity index is 1.85. The van der Waals surface area contributed by atoms with Crippen LogP contribution < -0.4 is 0 Å². The van der Waals surface area contributed by atoms with Gasteiger partial charge in [0, 0.05) is 12.3 Å². The highest BCUT2D eigenvalue weighted by molar-refractivity contribution is 6.33. The smallest absolute Gasteiger partial charge is 0.356 e. The van der Waals surface area contributed by atoms with Crippen LogP contribution in [0, 0.1) is 5.82 Å². The van der Waals surface area contributed by atoms with E-state index in [0.717, 1.165) is 12.3 Å². The van der Waals surface area contributed by atoms with E-state index >= 15 is 0 Å². The van der Waals surface area contributed by atoms with E-state index in [1.54, 1.807) is 6.07 Å². The van der Waals surface area contributed by atoms with Gasteiger partial charge in [0.15, 0.2) is 17.3 Å². The maximum Gasteiger partial charge on any atom is 0.434 e. The van der Waals surface area contributed by atoms with Crippen molar-refractivity contribution in [3.63, 3.8) is 0 Å². The fourth-order valence-corrected chi connectivity index (χ4v) is 2.98. The molecule has 3 aromatic heterocycles.